The van der Waals surface area contributed by atoms with Crippen LogP contribution in [-0.2, 0) is 14.1 Å². The Balaban J connectivity index is 2.11. The molecule has 0 spiro atoms. The van der Waals surface area contributed by atoms with Crippen molar-refractivity contribution in [2.45, 2.75) is 13.3 Å². The van der Waals surface area contributed by atoms with Gasteiger partial charge in [-0.15, -0.1) is 0 Å². The van der Waals surface area contributed by atoms with E-state index >= 15 is 0 Å². The molecule has 3 aromatic rings. The number of hydrogen-bond donors (Lipinski definition) is 2. The van der Waals surface area contributed by atoms with Crippen LogP contribution >= 0.6 is 0 Å². The van der Waals surface area contributed by atoms with Gasteiger partial charge in [-0.05, 0) is 17.9 Å². The lowest BCUT2D eigenvalue weighted by Gasteiger charge is -2.12. The first-order valence-electron chi connectivity index (χ1n) is 8.25. The van der Waals surface area contributed by atoms with E-state index in [1.807, 2.05) is 49.4 Å². The summed E-state index contributed by atoms with van der Waals surface area (Å²) in [6.45, 7) is 1.83. The molecule has 0 aliphatic carbocycles. The number of fused-ring (bicyclic) bond motifs is 1. The van der Waals surface area contributed by atoms with Gasteiger partial charge in [0.05, 0.1) is 11.4 Å². The molecule has 0 aliphatic heterocycles. The van der Waals surface area contributed by atoms with E-state index in [0.717, 1.165) is 25.6 Å². The molecule has 0 fully saturated rings. The summed E-state index contributed by atoms with van der Waals surface area (Å²) in [5.74, 6) is -0.390. The van der Waals surface area contributed by atoms with E-state index in [9.17, 15) is 14.7 Å². The molecule has 0 atom stereocenters. The minimum Gasteiger partial charge on any atom is -0.494 e. The third-order valence-corrected chi connectivity index (χ3v) is 4.36. The lowest BCUT2D eigenvalue weighted by atomic mass is 10.1. The predicted octanol–water partition coefficient (Wildman–Crippen LogP) is 2.17. The molecular formula is C19H20N4O3. The van der Waals surface area contributed by atoms with E-state index in [-0.39, 0.29) is 5.56 Å². The van der Waals surface area contributed by atoms with Gasteiger partial charge in [-0.3, -0.25) is 19.4 Å². The number of rotatable bonds is 4. The first-order valence-corrected chi connectivity index (χ1v) is 8.25. The Morgan fingerprint density at radius 1 is 1.08 bits per heavy atom. The highest BCUT2D eigenvalue weighted by Gasteiger charge is 2.19. The van der Waals surface area contributed by atoms with Gasteiger partial charge in [0.2, 0.25) is 5.88 Å². The molecule has 3 rings (SSSR count). The summed E-state index contributed by atoms with van der Waals surface area (Å²) < 4.78 is 1.98. The number of hydrazone groups is 1. The van der Waals surface area contributed by atoms with Gasteiger partial charge in [-0.1, -0.05) is 43.3 Å². The monoisotopic (exact) mass is 352 g/mol. The number of nitrogens with zero attached hydrogens (tertiary/aromatic N) is 3. The van der Waals surface area contributed by atoms with Gasteiger partial charge in [0.1, 0.15) is 5.56 Å². The van der Waals surface area contributed by atoms with Crippen LogP contribution < -0.4 is 16.7 Å². The second-order valence-electron chi connectivity index (χ2n) is 5.95. The van der Waals surface area contributed by atoms with E-state index in [2.05, 4.69) is 10.5 Å². The Bertz CT molecular complexity index is 1120. The van der Waals surface area contributed by atoms with Crippen LogP contribution in [0.5, 0.6) is 5.88 Å². The molecule has 7 nitrogen and oxygen atoms in total. The average Bonchev–Trinajstić information content (AvgIpc) is 2.67. The van der Waals surface area contributed by atoms with E-state index in [1.165, 1.54) is 14.1 Å². The van der Waals surface area contributed by atoms with Crippen LogP contribution in [0.15, 0.2) is 57.2 Å². The molecule has 2 aromatic carbocycles. The SMILES string of the molecule is CCC(=NNc1cccc2ccccc12)c1c(O)n(C)c(=O)n(C)c1=O. The molecule has 1 heterocycles. The summed E-state index contributed by atoms with van der Waals surface area (Å²) in [4.78, 5) is 24.4. The zero-order valence-electron chi connectivity index (χ0n) is 14.9. The molecule has 0 unspecified atom stereocenters. The average molecular weight is 352 g/mol. The highest BCUT2D eigenvalue weighted by atomic mass is 16.3. The van der Waals surface area contributed by atoms with Crippen molar-refractivity contribution in [2.75, 3.05) is 5.43 Å². The lowest BCUT2D eigenvalue weighted by molar-refractivity contribution is 0.410. The Kier molecular flexibility index (Phi) is 4.62. The quantitative estimate of drug-likeness (QED) is 0.556. The number of benzene rings is 2. The molecule has 0 saturated heterocycles. The van der Waals surface area contributed by atoms with Crippen molar-refractivity contribution in [3.05, 3.63) is 68.9 Å². The third kappa shape index (κ3) is 2.88. The highest BCUT2D eigenvalue weighted by molar-refractivity contribution is 6.03. The number of aromatic hydroxyl groups is 1. The van der Waals surface area contributed by atoms with Crippen LogP contribution in [0.2, 0.25) is 0 Å². The number of anilines is 1. The van der Waals surface area contributed by atoms with Gasteiger partial charge in [0.15, 0.2) is 0 Å². The van der Waals surface area contributed by atoms with Crippen LogP contribution in [0, 0.1) is 0 Å². The molecule has 1 aromatic heterocycles. The Morgan fingerprint density at radius 2 is 1.77 bits per heavy atom. The number of aromatic nitrogens is 2. The molecule has 26 heavy (non-hydrogen) atoms. The molecule has 0 bridgehead atoms. The number of nitrogens with one attached hydrogen (secondary N) is 1. The van der Waals surface area contributed by atoms with Crippen molar-refractivity contribution in [3.8, 4) is 5.88 Å². The van der Waals surface area contributed by atoms with Gasteiger partial charge in [0.25, 0.3) is 5.56 Å². The zero-order chi connectivity index (χ0) is 18.8. The van der Waals surface area contributed by atoms with E-state index in [1.54, 1.807) is 0 Å². The van der Waals surface area contributed by atoms with Crippen molar-refractivity contribution >= 4 is 22.2 Å². The topological polar surface area (TPSA) is 88.6 Å². The Hall–Kier alpha value is -3.35. The second kappa shape index (κ2) is 6.87. The van der Waals surface area contributed by atoms with Crippen LogP contribution in [0.4, 0.5) is 5.69 Å². The van der Waals surface area contributed by atoms with Gasteiger partial charge in [0, 0.05) is 19.5 Å². The molecule has 2 N–H and O–H groups in total. The van der Waals surface area contributed by atoms with Crippen molar-refractivity contribution in [3.63, 3.8) is 0 Å². The summed E-state index contributed by atoms with van der Waals surface area (Å²) >= 11 is 0. The van der Waals surface area contributed by atoms with Crippen LogP contribution in [0.25, 0.3) is 10.8 Å². The Labute approximate surface area is 149 Å². The molecule has 7 heteroatoms. The minimum atomic E-state index is -0.589. The molecule has 0 aliphatic rings. The maximum atomic E-state index is 12.5. The van der Waals surface area contributed by atoms with Crippen LogP contribution in [0.3, 0.4) is 0 Å². The third-order valence-electron chi connectivity index (χ3n) is 4.36. The van der Waals surface area contributed by atoms with Gasteiger partial charge >= 0.3 is 5.69 Å². The smallest absolute Gasteiger partial charge is 0.333 e. The highest BCUT2D eigenvalue weighted by Crippen LogP contribution is 2.23. The summed E-state index contributed by atoms with van der Waals surface area (Å²) in [5.41, 5.74) is 2.99. The lowest BCUT2D eigenvalue weighted by Crippen LogP contribution is -2.40. The van der Waals surface area contributed by atoms with Crippen LogP contribution in [0.1, 0.15) is 18.9 Å². The Morgan fingerprint density at radius 3 is 2.50 bits per heavy atom. The minimum absolute atomic E-state index is 0.0184. The van der Waals surface area contributed by atoms with Gasteiger partial charge < -0.3 is 5.11 Å². The van der Waals surface area contributed by atoms with Crippen molar-refractivity contribution in [1.29, 1.82) is 0 Å². The molecule has 0 saturated carbocycles. The van der Waals surface area contributed by atoms with Gasteiger partial charge in [-0.2, -0.15) is 5.10 Å². The van der Waals surface area contributed by atoms with Gasteiger partial charge in [-0.25, -0.2) is 4.79 Å². The molecule has 0 radical (unpaired) electrons. The van der Waals surface area contributed by atoms with Crippen LogP contribution in [-0.4, -0.2) is 20.0 Å². The van der Waals surface area contributed by atoms with Crippen molar-refractivity contribution in [2.24, 2.45) is 19.2 Å². The fraction of sp³-hybridized carbons (Fsp3) is 0.211. The normalized spacial score (nSPS) is 11.7. The first kappa shape index (κ1) is 17.5. The van der Waals surface area contributed by atoms with Crippen molar-refractivity contribution < 1.29 is 5.11 Å². The fourth-order valence-electron chi connectivity index (χ4n) is 2.85. The molecular weight excluding hydrogens is 332 g/mol. The summed E-state index contributed by atoms with van der Waals surface area (Å²) in [7, 11) is 2.78. The maximum absolute atomic E-state index is 12.5. The molecule has 0 amide bonds. The van der Waals surface area contributed by atoms with E-state index < -0.39 is 17.1 Å². The summed E-state index contributed by atoms with van der Waals surface area (Å²) in [5, 5.41) is 16.7. The first-order chi connectivity index (χ1) is 12.5. The zero-order valence-corrected chi connectivity index (χ0v) is 14.9. The van der Waals surface area contributed by atoms with E-state index in [4.69, 9.17) is 0 Å². The predicted molar refractivity (Wildman–Crippen MR) is 103 cm³/mol. The molecule has 134 valence electrons. The summed E-state index contributed by atoms with van der Waals surface area (Å²) in [6.07, 6.45) is 0.402. The standard InChI is InChI=1S/C19H20N4O3/c1-4-14(16-17(24)22(2)19(26)23(3)18(16)25)20-21-15-11-7-9-12-8-5-6-10-13(12)15/h5-11,21,24H,4H2,1-3H3. The maximum Gasteiger partial charge on any atom is 0.333 e. The second-order valence-corrected chi connectivity index (χ2v) is 5.95. The van der Waals surface area contributed by atoms with E-state index in [0.29, 0.717) is 12.1 Å². The largest absolute Gasteiger partial charge is 0.494 e. The number of hydrogen-bond acceptors (Lipinski definition) is 5. The summed E-state index contributed by atoms with van der Waals surface area (Å²) in [6, 6.07) is 13.7. The fourth-order valence-corrected chi connectivity index (χ4v) is 2.85. The van der Waals surface area contributed by atoms with Crippen molar-refractivity contribution in [1.82, 2.24) is 9.13 Å².